The van der Waals surface area contributed by atoms with Gasteiger partial charge in [0, 0.05) is 31.7 Å². The Balaban J connectivity index is 1.30. The molecule has 1 aromatic heterocycles. The Morgan fingerprint density at radius 3 is 2.12 bits per heavy atom. The summed E-state index contributed by atoms with van der Waals surface area (Å²) < 4.78 is 5.90. The Morgan fingerprint density at radius 2 is 1.53 bits per heavy atom. The van der Waals surface area contributed by atoms with E-state index in [1.165, 1.54) is 5.56 Å². The zero-order valence-electron chi connectivity index (χ0n) is 18.9. The molecule has 2 heterocycles. The summed E-state index contributed by atoms with van der Waals surface area (Å²) in [5.74, 6) is 2.05. The van der Waals surface area contributed by atoms with Gasteiger partial charge in [-0.15, -0.1) is 10.2 Å². The second-order valence-electron chi connectivity index (χ2n) is 8.44. The van der Waals surface area contributed by atoms with E-state index in [0.717, 1.165) is 35.9 Å². The number of ether oxygens (including phenoxy) is 1. The number of rotatable bonds is 6. The summed E-state index contributed by atoms with van der Waals surface area (Å²) in [5, 5.41) is 8.78. The van der Waals surface area contributed by atoms with Gasteiger partial charge in [-0.1, -0.05) is 56.3 Å². The minimum absolute atomic E-state index is 0.0168. The Bertz CT molecular complexity index is 1010. The average molecular weight is 431 g/mol. The maximum Gasteiger partial charge on any atom is 0.263 e. The fraction of sp³-hybridized carbons (Fsp3) is 0.346. The van der Waals surface area contributed by atoms with E-state index < -0.39 is 6.10 Å². The van der Waals surface area contributed by atoms with Crippen LogP contribution in [0.15, 0.2) is 66.7 Å². The number of anilines is 1. The largest absolute Gasteiger partial charge is 0.481 e. The fourth-order valence-corrected chi connectivity index (χ4v) is 3.86. The molecule has 1 unspecified atom stereocenters. The lowest BCUT2D eigenvalue weighted by Crippen LogP contribution is -2.52. The zero-order chi connectivity index (χ0) is 22.5. The maximum atomic E-state index is 12.9. The number of hydrogen-bond acceptors (Lipinski definition) is 5. The summed E-state index contributed by atoms with van der Waals surface area (Å²) in [6.45, 7) is 8.86. The highest BCUT2D eigenvalue weighted by atomic mass is 16.5. The molecule has 2 aromatic carbocycles. The number of hydrogen-bond donors (Lipinski definition) is 0. The van der Waals surface area contributed by atoms with E-state index in [0.29, 0.717) is 19.0 Å². The van der Waals surface area contributed by atoms with Gasteiger partial charge in [-0.3, -0.25) is 4.79 Å². The van der Waals surface area contributed by atoms with Crippen molar-refractivity contribution >= 4 is 11.7 Å². The van der Waals surface area contributed by atoms with Gasteiger partial charge in [-0.25, -0.2) is 0 Å². The molecule has 0 N–H and O–H groups in total. The van der Waals surface area contributed by atoms with E-state index >= 15 is 0 Å². The summed E-state index contributed by atoms with van der Waals surface area (Å²) >= 11 is 0. The van der Waals surface area contributed by atoms with E-state index in [1.54, 1.807) is 0 Å². The third-order valence-electron chi connectivity index (χ3n) is 5.84. The predicted molar refractivity (Wildman–Crippen MR) is 127 cm³/mol. The molecule has 32 heavy (non-hydrogen) atoms. The lowest BCUT2D eigenvalue weighted by Gasteiger charge is -2.36. The van der Waals surface area contributed by atoms with Crippen LogP contribution in [-0.2, 0) is 4.79 Å². The van der Waals surface area contributed by atoms with Crippen LogP contribution in [0.4, 0.5) is 5.82 Å². The number of benzene rings is 2. The van der Waals surface area contributed by atoms with Crippen LogP contribution < -0.4 is 9.64 Å². The Morgan fingerprint density at radius 1 is 0.844 bits per heavy atom. The Labute approximate surface area is 189 Å². The van der Waals surface area contributed by atoms with Crippen molar-refractivity contribution in [3.05, 3.63) is 72.3 Å². The van der Waals surface area contributed by atoms with Crippen molar-refractivity contribution in [3.63, 3.8) is 0 Å². The summed E-state index contributed by atoms with van der Waals surface area (Å²) in [7, 11) is 0. The van der Waals surface area contributed by atoms with E-state index in [-0.39, 0.29) is 5.91 Å². The molecule has 3 aromatic rings. The zero-order valence-corrected chi connectivity index (χ0v) is 18.9. The number of aromatic nitrogens is 2. The molecule has 1 aliphatic rings. The standard InChI is InChI=1S/C26H30N4O2/c1-19(2)21-9-11-23(12-10-21)32-20(3)26(31)30-17-15-29(16-18-30)25-14-13-24(27-28-25)22-7-5-4-6-8-22/h4-14,19-20H,15-18H2,1-3H3. The minimum atomic E-state index is -0.517. The summed E-state index contributed by atoms with van der Waals surface area (Å²) in [6, 6.07) is 22.0. The number of carbonyl (C=O) groups excluding carboxylic acids is 1. The summed E-state index contributed by atoms with van der Waals surface area (Å²) in [6.07, 6.45) is -0.517. The number of amides is 1. The topological polar surface area (TPSA) is 58.6 Å². The number of carbonyl (C=O) groups is 1. The molecule has 0 spiro atoms. The highest BCUT2D eigenvalue weighted by Crippen LogP contribution is 2.21. The molecular weight excluding hydrogens is 400 g/mol. The van der Waals surface area contributed by atoms with E-state index in [1.807, 2.05) is 66.4 Å². The molecule has 166 valence electrons. The molecule has 0 aliphatic carbocycles. The van der Waals surface area contributed by atoms with Crippen molar-refractivity contribution in [1.82, 2.24) is 15.1 Å². The van der Waals surface area contributed by atoms with Gasteiger partial charge < -0.3 is 14.5 Å². The molecule has 0 radical (unpaired) electrons. The van der Waals surface area contributed by atoms with Crippen LogP contribution in [0, 0.1) is 0 Å². The van der Waals surface area contributed by atoms with Crippen LogP contribution >= 0.6 is 0 Å². The number of piperazine rings is 1. The molecule has 1 atom stereocenters. The predicted octanol–water partition coefficient (Wildman–Crippen LogP) is 4.38. The van der Waals surface area contributed by atoms with Crippen LogP contribution in [0.2, 0.25) is 0 Å². The first-order valence-electron chi connectivity index (χ1n) is 11.2. The van der Waals surface area contributed by atoms with Crippen LogP contribution in [-0.4, -0.2) is 53.3 Å². The van der Waals surface area contributed by atoms with Crippen molar-refractivity contribution in [2.45, 2.75) is 32.8 Å². The third-order valence-corrected chi connectivity index (χ3v) is 5.84. The molecule has 4 rings (SSSR count). The van der Waals surface area contributed by atoms with Crippen LogP contribution in [0.5, 0.6) is 5.75 Å². The monoisotopic (exact) mass is 430 g/mol. The van der Waals surface area contributed by atoms with Gasteiger partial charge in [-0.05, 0) is 42.7 Å². The van der Waals surface area contributed by atoms with Gasteiger partial charge in [0.15, 0.2) is 11.9 Å². The first kappa shape index (κ1) is 21.8. The first-order chi connectivity index (χ1) is 15.5. The quantitative estimate of drug-likeness (QED) is 0.581. The smallest absolute Gasteiger partial charge is 0.263 e. The highest BCUT2D eigenvalue weighted by Gasteiger charge is 2.26. The van der Waals surface area contributed by atoms with Crippen LogP contribution in [0.1, 0.15) is 32.3 Å². The van der Waals surface area contributed by atoms with Gasteiger partial charge in [-0.2, -0.15) is 0 Å². The van der Waals surface area contributed by atoms with Crippen LogP contribution in [0.3, 0.4) is 0 Å². The first-order valence-corrected chi connectivity index (χ1v) is 11.2. The average Bonchev–Trinajstić information content (AvgIpc) is 2.84. The lowest BCUT2D eigenvalue weighted by atomic mass is 10.0. The van der Waals surface area contributed by atoms with E-state index in [2.05, 4.69) is 41.1 Å². The molecule has 0 bridgehead atoms. The Hall–Kier alpha value is -3.41. The van der Waals surface area contributed by atoms with Crippen molar-refractivity contribution in [2.24, 2.45) is 0 Å². The fourth-order valence-electron chi connectivity index (χ4n) is 3.86. The minimum Gasteiger partial charge on any atom is -0.481 e. The summed E-state index contributed by atoms with van der Waals surface area (Å²) in [5.41, 5.74) is 3.16. The molecule has 1 aliphatic heterocycles. The maximum absolute atomic E-state index is 12.9. The molecule has 1 fully saturated rings. The third kappa shape index (κ3) is 5.07. The van der Waals surface area contributed by atoms with E-state index in [4.69, 9.17) is 4.74 Å². The lowest BCUT2D eigenvalue weighted by molar-refractivity contribution is -0.138. The van der Waals surface area contributed by atoms with Gasteiger partial charge in [0.1, 0.15) is 5.75 Å². The van der Waals surface area contributed by atoms with Crippen molar-refractivity contribution < 1.29 is 9.53 Å². The van der Waals surface area contributed by atoms with Gasteiger partial charge >= 0.3 is 0 Å². The SMILES string of the molecule is CC(Oc1ccc(C(C)C)cc1)C(=O)N1CCN(c2ccc(-c3ccccc3)nn2)CC1. The Kier molecular flexibility index (Phi) is 6.69. The highest BCUT2D eigenvalue weighted by molar-refractivity contribution is 5.81. The van der Waals surface area contributed by atoms with Crippen molar-refractivity contribution in [1.29, 1.82) is 0 Å². The molecule has 6 heteroatoms. The number of nitrogens with zero attached hydrogens (tertiary/aromatic N) is 4. The van der Waals surface area contributed by atoms with E-state index in [9.17, 15) is 4.79 Å². The second kappa shape index (κ2) is 9.81. The molecular formula is C26H30N4O2. The summed E-state index contributed by atoms with van der Waals surface area (Å²) in [4.78, 5) is 16.9. The molecule has 1 amide bonds. The molecule has 6 nitrogen and oxygen atoms in total. The van der Waals surface area contributed by atoms with Crippen molar-refractivity contribution in [3.8, 4) is 17.0 Å². The van der Waals surface area contributed by atoms with Crippen LogP contribution in [0.25, 0.3) is 11.3 Å². The van der Waals surface area contributed by atoms with Gasteiger partial charge in [0.05, 0.1) is 5.69 Å². The molecule has 0 saturated carbocycles. The van der Waals surface area contributed by atoms with Gasteiger partial charge in [0.25, 0.3) is 5.91 Å². The normalized spacial score (nSPS) is 15.0. The second-order valence-corrected chi connectivity index (χ2v) is 8.44. The van der Waals surface area contributed by atoms with Crippen molar-refractivity contribution in [2.75, 3.05) is 31.1 Å². The molecule has 1 saturated heterocycles. The van der Waals surface area contributed by atoms with Gasteiger partial charge in [0.2, 0.25) is 0 Å².